The van der Waals surface area contributed by atoms with Crippen molar-refractivity contribution in [3.8, 4) is 0 Å². The van der Waals surface area contributed by atoms with Gasteiger partial charge in [-0.2, -0.15) is 5.10 Å². The molecule has 0 atom stereocenters. The Labute approximate surface area is 121 Å². The third-order valence-electron chi connectivity index (χ3n) is 3.28. The van der Waals surface area contributed by atoms with Crippen molar-refractivity contribution >= 4 is 17.7 Å². The molecular weight excluding hydrogens is 272 g/mol. The van der Waals surface area contributed by atoms with Crippen LogP contribution in [0.15, 0.2) is 41.4 Å². The summed E-state index contributed by atoms with van der Waals surface area (Å²) in [4.78, 5) is 10.7. The molecule has 0 unspecified atom stereocenters. The van der Waals surface area contributed by atoms with Gasteiger partial charge in [0.05, 0.1) is 23.0 Å². The van der Waals surface area contributed by atoms with Crippen LogP contribution in [0.4, 0.5) is 0 Å². The van der Waals surface area contributed by atoms with Crippen LogP contribution < -0.4 is 0 Å². The Hall–Kier alpha value is -1.75. The third-order valence-corrected chi connectivity index (χ3v) is 4.29. The predicted molar refractivity (Wildman–Crippen MR) is 78.1 cm³/mol. The lowest BCUT2D eigenvalue weighted by molar-refractivity contribution is -0.133. The number of thioether (sulfide) groups is 1. The van der Waals surface area contributed by atoms with E-state index >= 15 is 0 Å². The lowest BCUT2D eigenvalue weighted by atomic mass is 10.2. The number of aromatic nitrogens is 2. The van der Waals surface area contributed by atoms with Gasteiger partial charge in [-0.3, -0.25) is 9.48 Å². The zero-order valence-electron chi connectivity index (χ0n) is 11.0. The summed E-state index contributed by atoms with van der Waals surface area (Å²) in [5, 5.41) is 14.4. The highest BCUT2D eigenvalue weighted by Gasteiger charge is 2.27. The highest BCUT2D eigenvalue weighted by molar-refractivity contribution is 7.99. The summed E-state index contributed by atoms with van der Waals surface area (Å²) in [5.74, 6) is -0.142. The fourth-order valence-electron chi connectivity index (χ4n) is 2.12. The predicted octanol–water partition coefficient (Wildman–Crippen LogP) is 2.99. The second-order valence-electron chi connectivity index (χ2n) is 5.01. The van der Waals surface area contributed by atoms with Crippen LogP contribution in [-0.4, -0.2) is 26.6 Å². The molecule has 1 heterocycles. The van der Waals surface area contributed by atoms with Gasteiger partial charge in [-0.15, -0.1) is 0 Å². The Kier molecular flexibility index (Phi) is 3.78. The van der Waals surface area contributed by atoms with Gasteiger partial charge in [-0.1, -0.05) is 42.1 Å². The molecule has 0 amide bonds. The van der Waals surface area contributed by atoms with Gasteiger partial charge in [0.15, 0.2) is 0 Å². The fourth-order valence-corrected chi connectivity index (χ4v) is 2.85. The first-order chi connectivity index (χ1) is 9.72. The number of hydrogen-bond acceptors (Lipinski definition) is 3. The van der Waals surface area contributed by atoms with Crippen LogP contribution in [0.3, 0.4) is 0 Å². The van der Waals surface area contributed by atoms with Crippen LogP contribution in [0.25, 0.3) is 0 Å². The van der Waals surface area contributed by atoms with E-state index in [1.165, 1.54) is 30.2 Å². The maximum absolute atomic E-state index is 10.7. The molecule has 1 fully saturated rings. The normalized spacial score (nSPS) is 14.4. The number of aliphatic carboxylic acids is 1. The Morgan fingerprint density at radius 3 is 2.75 bits per heavy atom. The quantitative estimate of drug-likeness (QED) is 0.830. The lowest BCUT2D eigenvalue weighted by Gasteiger charge is -2.06. The number of carbonyl (C=O) groups is 1. The van der Waals surface area contributed by atoms with Crippen LogP contribution in [-0.2, 0) is 11.3 Å². The van der Waals surface area contributed by atoms with E-state index in [1.807, 2.05) is 28.9 Å². The van der Waals surface area contributed by atoms with Crippen LogP contribution >= 0.6 is 11.8 Å². The van der Waals surface area contributed by atoms with Crippen molar-refractivity contribution in [3.63, 3.8) is 0 Å². The van der Waals surface area contributed by atoms with E-state index in [-0.39, 0.29) is 5.75 Å². The molecule has 0 aliphatic heterocycles. The van der Waals surface area contributed by atoms with Gasteiger partial charge in [0.25, 0.3) is 0 Å². The zero-order valence-corrected chi connectivity index (χ0v) is 11.8. The second kappa shape index (κ2) is 5.71. The molecule has 20 heavy (non-hydrogen) atoms. The molecule has 2 aromatic rings. The first-order valence-corrected chi connectivity index (χ1v) is 7.67. The SMILES string of the molecule is O=C(O)CSc1cc(C2CC2)nn1Cc1ccccc1. The van der Waals surface area contributed by atoms with Gasteiger partial charge in [-0.25, -0.2) is 0 Å². The molecule has 5 heteroatoms. The molecule has 1 N–H and O–H groups in total. The topological polar surface area (TPSA) is 55.1 Å². The standard InChI is InChI=1S/C15H16N2O2S/c18-15(19)10-20-14-8-13(12-6-7-12)16-17(14)9-11-4-2-1-3-5-11/h1-5,8,12H,6-7,9-10H2,(H,18,19). The molecule has 0 spiro atoms. The number of nitrogens with zero attached hydrogens (tertiary/aromatic N) is 2. The highest BCUT2D eigenvalue weighted by atomic mass is 32.2. The number of carboxylic acid groups (broad SMARTS) is 1. The Morgan fingerprint density at radius 1 is 1.35 bits per heavy atom. The maximum atomic E-state index is 10.7. The summed E-state index contributed by atoms with van der Waals surface area (Å²) in [6.45, 7) is 0.690. The van der Waals surface area contributed by atoms with E-state index in [4.69, 9.17) is 5.11 Å². The minimum absolute atomic E-state index is 0.0740. The molecular formula is C15H16N2O2S. The van der Waals surface area contributed by atoms with Crippen molar-refractivity contribution in [1.29, 1.82) is 0 Å². The van der Waals surface area contributed by atoms with Gasteiger partial charge in [0.1, 0.15) is 0 Å². The average molecular weight is 288 g/mol. The summed E-state index contributed by atoms with van der Waals surface area (Å²) in [6.07, 6.45) is 2.40. The van der Waals surface area contributed by atoms with E-state index in [2.05, 4.69) is 17.2 Å². The monoisotopic (exact) mass is 288 g/mol. The van der Waals surface area contributed by atoms with Gasteiger partial charge < -0.3 is 5.11 Å². The van der Waals surface area contributed by atoms with Crippen molar-refractivity contribution in [1.82, 2.24) is 9.78 Å². The first kappa shape index (κ1) is 13.2. The van der Waals surface area contributed by atoms with Gasteiger partial charge >= 0.3 is 5.97 Å². The van der Waals surface area contributed by atoms with Crippen molar-refractivity contribution in [3.05, 3.63) is 47.7 Å². The van der Waals surface area contributed by atoms with E-state index in [0.29, 0.717) is 12.5 Å². The Morgan fingerprint density at radius 2 is 2.10 bits per heavy atom. The summed E-state index contributed by atoms with van der Waals surface area (Å²) >= 11 is 1.34. The second-order valence-corrected chi connectivity index (χ2v) is 6.00. The van der Waals surface area contributed by atoms with Gasteiger partial charge in [0, 0.05) is 5.92 Å². The summed E-state index contributed by atoms with van der Waals surface area (Å²) in [7, 11) is 0. The molecule has 0 saturated heterocycles. The molecule has 0 radical (unpaired) electrons. The van der Waals surface area contributed by atoms with Gasteiger partial charge in [0.2, 0.25) is 0 Å². The van der Waals surface area contributed by atoms with Gasteiger partial charge in [-0.05, 0) is 24.5 Å². The molecule has 1 aromatic heterocycles. The van der Waals surface area contributed by atoms with E-state index in [0.717, 1.165) is 10.7 Å². The fraction of sp³-hybridized carbons (Fsp3) is 0.333. The van der Waals surface area contributed by atoms with Crippen LogP contribution in [0, 0.1) is 0 Å². The molecule has 0 bridgehead atoms. The Balaban J connectivity index is 1.81. The minimum atomic E-state index is -0.796. The minimum Gasteiger partial charge on any atom is -0.481 e. The summed E-state index contributed by atoms with van der Waals surface area (Å²) in [6, 6.07) is 12.2. The van der Waals surface area contributed by atoms with E-state index < -0.39 is 5.97 Å². The van der Waals surface area contributed by atoms with Crippen LogP contribution in [0.1, 0.15) is 30.0 Å². The highest BCUT2D eigenvalue weighted by Crippen LogP contribution is 2.40. The van der Waals surface area contributed by atoms with Crippen molar-refractivity contribution in [2.45, 2.75) is 30.3 Å². The van der Waals surface area contributed by atoms with Crippen LogP contribution in [0.2, 0.25) is 0 Å². The zero-order chi connectivity index (χ0) is 13.9. The largest absolute Gasteiger partial charge is 0.481 e. The van der Waals surface area contributed by atoms with Crippen molar-refractivity contribution in [2.75, 3.05) is 5.75 Å². The van der Waals surface area contributed by atoms with Crippen LogP contribution in [0.5, 0.6) is 0 Å². The van der Waals surface area contributed by atoms with Crippen molar-refractivity contribution in [2.24, 2.45) is 0 Å². The molecule has 1 aliphatic rings. The van der Waals surface area contributed by atoms with E-state index in [9.17, 15) is 4.79 Å². The average Bonchev–Trinajstić information content (AvgIpc) is 3.21. The molecule has 1 aliphatic carbocycles. The number of carboxylic acids is 1. The Bertz CT molecular complexity index is 606. The third kappa shape index (κ3) is 3.22. The maximum Gasteiger partial charge on any atom is 0.313 e. The smallest absolute Gasteiger partial charge is 0.313 e. The molecule has 3 rings (SSSR count). The molecule has 104 valence electrons. The van der Waals surface area contributed by atoms with E-state index in [1.54, 1.807) is 0 Å². The first-order valence-electron chi connectivity index (χ1n) is 6.68. The molecule has 1 aromatic carbocycles. The molecule has 1 saturated carbocycles. The van der Waals surface area contributed by atoms with Crippen molar-refractivity contribution < 1.29 is 9.90 Å². The summed E-state index contributed by atoms with van der Waals surface area (Å²) < 4.78 is 1.93. The molecule has 4 nitrogen and oxygen atoms in total. The number of hydrogen-bond donors (Lipinski definition) is 1. The lowest BCUT2D eigenvalue weighted by Crippen LogP contribution is -2.05. The number of benzene rings is 1. The number of rotatable bonds is 6. The summed E-state index contributed by atoms with van der Waals surface area (Å²) in [5.41, 5.74) is 2.28.